The quantitative estimate of drug-likeness (QED) is 0.539. The van der Waals surface area contributed by atoms with Gasteiger partial charge in [0.25, 0.3) is 6.47 Å². The van der Waals surface area contributed by atoms with Gasteiger partial charge in [0, 0.05) is 26.2 Å². The summed E-state index contributed by atoms with van der Waals surface area (Å²) in [5, 5.41) is 0. The molecule has 0 radical (unpaired) electrons. The van der Waals surface area contributed by atoms with E-state index in [1.54, 1.807) is 9.80 Å². The van der Waals surface area contributed by atoms with Gasteiger partial charge in [-0.1, -0.05) is 30.3 Å². The fourth-order valence-corrected chi connectivity index (χ4v) is 3.87. The standard InChI is InChI=1S/C22H30N2O6/c25-17-29-19-8-4-10-20(11-5-9-19)30-22(27)24-14-12-23(13-15-24)21(26)28-16-18-6-2-1-3-7-18/h1-3,6-7,17,19-20H,4-5,8-16H2. The van der Waals surface area contributed by atoms with Crippen molar-refractivity contribution in [2.24, 2.45) is 0 Å². The molecule has 1 aromatic carbocycles. The number of benzene rings is 1. The SMILES string of the molecule is O=COC1CCCC(OC(=O)N2CCN(C(=O)OCc3ccccc3)CC2)CCC1. The summed E-state index contributed by atoms with van der Waals surface area (Å²) in [6.45, 7) is 2.47. The number of carbonyl (C=O) groups excluding carboxylic acids is 3. The first-order valence-electron chi connectivity index (χ1n) is 10.7. The average molecular weight is 418 g/mol. The van der Waals surface area contributed by atoms with Crippen molar-refractivity contribution in [1.29, 1.82) is 0 Å². The molecule has 1 aliphatic carbocycles. The Labute approximate surface area is 177 Å². The fourth-order valence-electron chi connectivity index (χ4n) is 3.87. The number of nitrogens with zero attached hydrogens (tertiary/aromatic N) is 2. The van der Waals surface area contributed by atoms with Crippen molar-refractivity contribution in [1.82, 2.24) is 9.80 Å². The average Bonchev–Trinajstić information content (AvgIpc) is 2.76. The highest BCUT2D eigenvalue weighted by molar-refractivity contribution is 5.70. The molecule has 0 atom stereocenters. The predicted octanol–water partition coefficient (Wildman–Crippen LogP) is 3.34. The highest BCUT2D eigenvalue weighted by atomic mass is 16.6. The summed E-state index contributed by atoms with van der Waals surface area (Å²) in [5.74, 6) is 0. The van der Waals surface area contributed by atoms with Crippen molar-refractivity contribution in [3.8, 4) is 0 Å². The summed E-state index contributed by atoms with van der Waals surface area (Å²) in [6, 6.07) is 9.54. The lowest BCUT2D eigenvalue weighted by Crippen LogP contribution is -2.51. The Hall–Kier alpha value is -2.77. The first kappa shape index (κ1) is 21.9. The number of rotatable bonds is 5. The van der Waals surface area contributed by atoms with Crippen LogP contribution < -0.4 is 0 Å². The third-order valence-electron chi connectivity index (χ3n) is 5.62. The highest BCUT2D eigenvalue weighted by Crippen LogP contribution is 2.22. The maximum absolute atomic E-state index is 12.5. The second kappa shape index (κ2) is 11.4. The summed E-state index contributed by atoms with van der Waals surface area (Å²) >= 11 is 0. The van der Waals surface area contributed by atoms with Gasteiger partial charge in [-0.2, -0.15) is 0 Å². The van der Waals surface area contributed by atoms with E-state index < -0.39 is 0 Å². The summed E-state index contributed by atoms with van der Waals surface area (Å²) < 4.78 is 16.1. The zero-order chi connectivity index (χ0) is 21.2. The molecule has 0 N–H and O–H groups in total. The van der Waals surface area contributed by atoms with E-state index in [1.807, 2.05) is 30.3 Å². The summed E-state index contributed by atoms with van der Waals surface area (Å²) in [6.07, 6.45) is 4.06. The van der Waals surface area contributed by atoms with Crippen molar-refractivity contribution >= 4 is 18.7 Å². The lowest BCUT2D eigenvalue weighted by molar-refractivity contribution is -0.134. The molecule has 30 heavy (non-hydrogen) atoms. The van der Waals surface area contributed by atoms with Crippen LogP contribution >= 0.6 is 0 Å². The Morgan fingerprint density at radius 1 is 0.867 bits per heavy atom. The van der Waals surface area contributed by atoms with Crippen molar-refractivity contribution in [2.75, 3.05) is 26.2 Å². The molecule has 1 aliphatic heterocycles. The Bertz CT molecular complexity index is 680. The van der Waals surface area contributed by atoms with Crippen LogP contribution in [0.2, 0.25) is 0 Å². The number of piperazine rings is 1. The van der Waals surface area contributed by atoms with Crippen LogP contribution in [0.5, 0.6) is 0 Å². The molecular weight excluding hydrogens is 388 g/mol. The van der Waals surface area contributed by atoms with Gasteiger partial charge in [-0.05, 0) is 44.1 Å². The smallest absolute Gasteiger partial charge is 0.410 e. The first-order valence-corrected chi connectivity index (χ1v) is 10.7. The number of hydrogen-bond acceptors (Lipinski definition) is 6. The number of amides is 2. The van der Waals surface area contributed by atoms with E-state index in [9.17, 15) is 14.4 Å². The van der Waals surface area contributed by atoms with Crippen molar-refractivity contribution in [2.45, 2.75) is 57.3 Å². The van der Waals surface area contributed by atoms with Gasteiger partial charge in [-0.15, -0.1) is 0 Å². The third kappa shape index (κ3) is 6.64. The Balaban J connectivity index is 1.36. The molecule has 2 amide bonds. The molecule has 2 aliphatic rings. The van der Waals surface area contributed by atoms with Gasteiger partial charge >= 0.3 is 12.2 Å². The molecule has 8 nitrogen and oxygen atoms in total. The zero-order valence-electron chi connectivity index (χ0n) is 17.2. The molecule has 164 valence electrons. The molecule has 1 saturated heterocycles. The number of carbonyl (C=O) groups is 3. The molecule has 1 aromatic rings. The lowest BCUT2D eigenvalue weighted by Gasteiger charge is -2.34. The maximum atomic E-state index is 12.5. The van der Waals surface area contributed by atoms with E-state index in [1.165, 1.54) is 0 Å². The van der Waals surface area contributed by atoms with E-state index >= 15 is 0 Å². The largest absolute Gasteiger partial charge is 0.465 e. The van der Waals surface area contributed by atoms with Crippen LogP contribution in [0.15, 0.2) is 30.3 Å². The molecule has 8 heteroatoms. The third-order valence-corrected chi connectivity index (χ3v) is 5.62. The van der Waals surface area contributed by atoms with Gasteiger partial charge in [0.1, 0.15) is 18.8 Å². The van der Waals surface area contributed by atoms with Gasteiger partial charge in [-0.3, -0.25) is 4.79 Å². The van der Waals surface area contributed by atoms with Crippen molar-refractivity contribution < 1.29 is 28.6 Å². The molecule has 0 unspecified atom stereocenters. The van der Waals surface area contributed by atoms with Crippen molar-refractivity contribution in [3.05, 3.63) is 35.9 Å². The normalized spacial score (nSPS) is 22.4. The topological polar surface area (TPSA) is 85.4 Å². The van der Waals surface area contributed by atoms with Gasteiger partial charge < -0.3 is 24.0 Å². The number of hydrogen-bond donors (Lipinski definition) is 0. The zero-order valence-corrected chi connectivity index (χ0v) is 17.2. The van der Waals surface area contributed by atoms with Gasteiger partial charge in [0.15, 0.2) is 0 Å². The summed E-state index contributed by atoms with van der Waals surface area (Å²) in [7, 11) is 0. The first-order chi connectivity index (χ1) is 14.7. The number of ether oxygens (including phenoxy) is 3. The second-order valence-corrected chi connectivity index (χ2v) is 7.74. The molecule has 0 aromatic heterocycles. The highest BCUT2D eigenvalue weighted by Gasteiger charge is 2.28. The Kier molecular flexibility index (Phi) is 8.35. The van der Waals surface area contributed by atoms with E-state index in [0.29, 0.717) is 32.7 Å². The fraction of sp³-hybridized carbons (Fsp3) is 0.591. The molecule has 0 bridgehead atoms. The van der Waals surface area contributed by atoms with Crippen molar-refractivity contribution in [3.63, 3.8) is 0 Å². The minimum Gasteiger partial charge on any atom is -0.465 e. The van der Waals surface area contributed by atoms with Crippen LogP contribution in [0, 0.1) is 0 Å². The molecule has 2 fully saturated rings. The van der Waals surface area contributed by atoms with Gasteiger partial charge in [0.2, 0.25) is 0 Å². The van der Waals surface area contributed by atoms with E-state index in [4.69, 9.17) is 14.2 Å². The molecular formula is C22H30N2O6. The predicted molar refractivity (Wildman–Crippen MR) is 109 cm³/mol. The summed E-state index contributed by atoms with van der Waals surface area (Å²) in [4.78, 5) is 38.5. The van der Waals surface area contributed by atoms with Crippen LogP contribution in [0.1, 0.15) is 44.1 Å². The maximum Gasteiger partial charge on any atom is 0.410 e. The Morgan fingerprint density at radius 3 is 2.03 bits per heavy atom. The molecule has 1 saturated carbocycles. The summed E-state index contributed by atoms with van der Waals surface area (Å²) in [5.41, 5.74) is 0.941. The van der Waals surface area contributed by atoms with Crippen LogP contribution in [0.3, 0.4) is 0 Å². The lowest BCUT2D eigenvalue weighted by atomic mass is 9.96. The second-order valence-electron chi connectivity index (χ2n) is 7.74. The monoisotopic (exact) mass is 418 g/mol. The minimum atomic E-state index is -0.362. The molecule has 3 rings (SSSR count). The van der Waals surface area contributed by atoms with E-state index in [-0.39, 0.29) is 31.0 Å². The van der Waals surface area contributed by atoms with Crippen LogP contribution in [0.25, 0.3) is 0 Å². The van der Waals surface area contributed by atoms with E-state index in [0.717, 1.165) is 44.1 Å². The van der Waals surface area contributed by atoms with Crippen LogP contribution in [-0.4, -0.2) is 66.8 Å². The van der Waals surface area contributed by atoms with Gasteiger partial charge in [0.05, 0.1) is 0 Å². The molecule has 1 heterocycles. The van der Waals surface area contributed by atoms with Crippen LogP contribution in [0.4, 0.5) is 9.59 Å². The van der Waals surface area contributed by atoms with E-state index in [2.05, 4.69) is 0 Å². The minimum absolute atomic E-state index is 0.0196. The molecule has 0 spiro atoms. The Morgan fingerprint density at radius 2 is 1.43 bits per heavy atom. The van der Waals surface area contributed by atoms with Crippen LogP contribution in [-0.2, 0) is 25.6 Å². The van der Waals surface area contributed by atoms with Gasteiger partial charge in [-0.25, -0.2) is 9.59 Å².